The van der Waals surface area contributed by atoms with E-state index in [2.05, 4.69) is 24.1 Å². The van der Waals surface area contributed by atoms with E-state index in [1.807, 2.05) is 31.2 Å². The van der Waals surface area contributed by atoms with Gasteiger partial charge in [0.1, 0.15) is 11.8 Å². The van der Waals surface area contributed by atoms with Gasteiger partial charge in [-0.25, -0.2) is 9.48 Å². The van der Waals surface area contributed by atoms with Gasteiger partial charge in [-0.1, -0.05) is 44.2 Å². The molecule has 0 amide bonds. The minimum atomic E-state index is -0.433. The van der Waals surface area contributed by atoms with Crippen LogP contribution < -0.4 is 10.1 Å². The predicted octanol–water partition coefficient (Wildman–Crippen LogP) is 4.42. The van der Waals surface area contributed by atoms with Crippen LogP contribution in [0.5, 0.6) is 5.75 Å². The molecule has 1 aromatic carbocycles. The van der Waals surface area contributed by atoms with Gasteiger partial charge in [0.2, 0.25) is 11.1 Å². The molecule has 156 valence electrons. The van der Waals surface area contributed by atoms with Crippen molar-refractivity contribution in [3.05, 3.63) is 41.1 Å². The lowest BCUT2D eigenvalue weighted by atomic mass is 9.95. The summed E-state index contributed by atoms with van der Waals surface area (Å²) in [6.07, 6.45) is 3.15. The maximum atomic E-state index is 12.6. The highest BCUT2D eigenvalue weighted by Crippen LogP contribution is 2.37. The van der Waals surface area contributed by atoms with Gasteiger partial charge in [0, 0.05) is 11.4 Å². The summed E-state index contributed by atoms with van der Waals surface area (Å²) in [6.45, 7) is 6.73. The van der Waals surface area contributed by atoms with Crippen molar-refractivity contribution < 1.29 is 14.3 Å². The Kier molecular flexibility index (Phi) is 7.19. The van der Waals surface area contributed by atoms with Gasteiger partial charge in [-0.15, -0.1) is 5.10 Å². The zero-order valence-electron chi connectivity index (χ0n) is 17.4. The molecule has 2 aromatic rings. The van der Waals surface area contributed by atoms with Gasteiger partial charge < -0.3 is 14.8 Å². The highest BCUT2D eigenvalue weighted by Gasteiger charge is 2.35. The van der Waals surface area contributed by atoms with Gasteiger partial charge in [0.05, 0.1) is 19.3 Å². The molecule has 2 heterocycles. The summed E-state index contributed by atoms with van der Waals surface area (Å²) in [6, 6.07) is 7.34. The summed E-state index contributed by atoms with van der Waals surface area (Å²) in [5, 5.41) is 8.60. The van der Waals surface area contributed by atoms with Crippen LogP contribution >= 0.6 is 11.8 Å². The molecule has 7 nitrogen and oxygen atoms in total. The number of carbonyl (C=O) groups is 1. The van der Waals surface area contributed by atoms with Crippen LogP contribution in [-0.4, -0.2) is 40.2 Å². The third-order valence-corrected chi connectivity index (χ3v) is 5.54. The quantitative estimate of drug-likeness (QED) is 0.368. The molecule has 0 aliphatic carbocycles. The first kappa shape index (κ1) is 21.2. The minimum absolute atomic E-state index is 0.388. The Morgan fingerprint density at radius 3 is 2.86 bits per heavy atom. The zero-order chi connectivity index (χ0) is 20.8. The molecular formula is C21H28N4O3S. The van der Waals surface area contributed by atoms with Crippen LogP contribution in [-0.2, 0) is 9.53 Å². The molecule has 0 radical (unpaired) electrons. The second kappa shape index (κ2) is 9.82. The molecule has 0 fully saturated rings. The van der Waals surface area contributed by atoms with Crippen LogP contribution in [0.15, 0.2) is 40.7 Å². The van der Waals surface area contributed by atoms with E-state index in [0.717, 1.165) is 36.3 Å². The standard InChI is InChI=1S/C21H28N4O3S/c1-5-7-12-29-21-23-20-22-14(3)17(19(26)27-4)18(25(20)24-21)15-9-8-10-16(13-15)28-11-6-2/h8-10,13,18H,5-7,11-12H2,1-4H3,(H,22,23,24). The predicted molar refractivity (Wildman–Crippen MR) is 114 cm³/mol. The SMILES string of the molecule is CCCCSc1nc2n(n1)C(c1cccc(OCCC)c1)C(C(=O)OC)=C(C)N2. The summed E-state index contributed by atoms with van der Waals surface area (Å²) in [5.74, 6) is 1.96. The van der Waals surface area contributed by atoms with E-state index in [1.54, 1.807) is 16.4 Å². The van der Waals surface area contributed by atoms with E-state index in [9.17, 15) is 4.79 Å². The number of carbonyl (C=O) groups excluding carboxylic acids is 1. The number of hydrogen-bond donors (Lipinski definition) is 1. The van der Waals surface area contributed by atoms with Gasteiger partial charge in [-0.2, -0.15) is 4.98 Å². The lowest BCUT2D eigenvalue weighted by Gasteiger charge is -2.28. The van der Waals surface area contributed by atoms with Crippen molar-refractivity contribution >= 4 is 23.7 Å². The van der Waals surface area contributed by atoms with Gasteiger partial charge in [0.15, 0.2) is 0 Å². The van der Waals surface area contributed by atoms with Gasteiger partial charge in [-0.3, -0.25) is 0 Å². The number of methoxy groups -OCH3 is 1. The summed E-state index contributed by atoms with van der Waals surface area (Å²) >= 11 is 1.62. The Morgan fingerprint density at radius 2 is 2.14 bits per heavy atom. The number of benzene rings is 1. The van der Waals surface area contributed by atoms with Crippen molar-refractivity contribution in [3.8, 4) is 5.75 Å². The number of rotatable bonds is 9. The molecule has 0 saturated carbocycles. The molecule has 29 heavy (non-hydrogen) atoms. The second-order valence-corrected chi connectivity index (χ2v) is 7.91. The highest BCUT2D eigenvalue weighted by atomic mass is 32.2. The maximum Gasteiger partial charge on any atom is 0.338 e. The molecule has 1 aromatic heterocycles. The Balaban J connectivity index is 2.02. The van der Waals surface area contributed by atoms with Gasteiger partial charge >= 0.3 is 5.97 Å². The second-order valence-electron chi connectivity index (χ2n) is 6.84. The Hall–Kier alpha value is -2.48. The van der Waals surface area contributed by atoms with Crippen LogP contribution in [0.3, 0.4) is 0 Å². The molecule has 1 atom stereocenters. The van der Waals surface area contributed by atoms with Gasteiger partial charge in [0.25, 0.3) is 0 Å². The van der Waals surface area contributed by atoms with Crippen molar-refractivity contribution in [3.63, 3.8) is 0 Å². The molecule has 8 heteroatoms. The number of fused-ring (bicyclic) bond motifs is 1. The smallest absolute Gasteiger partial charge is 0.338 e. The number of nitrogens with one attached hydrogen (secondary N) is 1. The molecular weight excluding hydrogens is 388 g/mol. The molecule has 0 spiro atoms. The van der Waals surface area contributed by atoms with Crippen molar-refractivity contribution in [2.45, 2.75) is 51.2 Å². The first-order chi connectivity index (χ1) is 14.1. The number of nitrogens with zero attached hydrogens (tertiary/aromatic N) is 3. The Morgan fingerprint density at radius 1 is 1.31 bits per heavy atom. The average Bonchev–Trinajstić information content (AvgIpc) is 3.13. The number of aromatic nitrogens is 3. The molecule has 0 bridgehead atoms. The van der Waals surface area contributed by atoms with Crippen LogP contribution in [0.2, 0.25) is 0 Å². The molecule has 1 unspecified atom stereocenters. The highest BCUT2D eigenvalue weighted by molar-refractivity contribution is 7.99. The summed E-state index contributed by atoms with van der Waals surface area (Å²) in [4.78, 5) is 17.3. The van der Waals surface area contributed by atoms with Crippen LogP contribution in [0, 0.1) is 0 Å². The largest absolute Gasteiger partial charge is 0.494 e. The van der Waals surface area contributed by atoms with E-state index in [4.69, 9.17) is 14.6 Å². The average molecular weight is 417 g/mol. The van der Waals surface area contributed by atoms with E-state index < -0.39 is 6.04 Å². The molecule has 1 aliphatic heterocycles. The van der Waals surface area contributed by atoms with E-state index in [0.29, 0.717) is 29.0 Å². The minimum Gasteiger partial charge on any atom is -0.494 e. The third-order valence-electron chi connectivity index (χ3n) is 4.61. The van der Waals surface area contributed by atoms with Crippen molar-refractivity contribution in [2.75, 3.05) is 24.8 Å². The lowest BCUT2D eigenvalue weighted by Crippen LogP contribution is -2.29. The van der Waals surface area contributed by atoms with E-state index >= 15 is 0 Å². The fourth-order valence-corrected chi connectivity index (χ4v) is 4.09. The number of allylic oxidation sites excluding steroid dienone is 1. The fraction of sp³-hybridized carbons (Fsp3) is 0.476. The Labute approximate surface area is 175 Å². The molecule has 0 saturated heterocycles. The van der Waals surface area contributed by atoms with Crippen molar-refractivity contribution in [2.24, 2.45) is 0 Å². The molecule has 1 N–H and O–H groups in total. The number of anilines is 1. The van der Waals surface area contributed by atoms with Gasteiger partial charge in [-0.05, 0) is 37.5 Å². The summed E-state index contributed by atoms with van der Waals surface area (Å²) in [7, 11) is 1.39. The third kappa shape index (κ3) is 4.75. The fourth-order valence-electron chi connectivity index (χ4n) is 3.18. The van der Waals surface area contributed by atoms with E-state index in [1.165, 1.54) is 7.11 Å². The number of hydrogen-bond acceptors (Lipinski definition) is 7. The van der Waals surface area contributed by atoms with Crippen LogP contribution in [0.4, 0.5) is 5.95 Å². The van der Waals surface area contributed by atoms with Crippen LogP contribution in [0.25, 0.3) is 0 Å². The number of unbranched alkanes of at least 4 members (excludes halogenated alkanes) is 1. The van der Waals surface area contributed by atoms with Crippen LogP contribution in [0.1, 0.15) is 51.6 Å². The zero-order valence-corrected chi connectivity index (χ0v) is 18.2. The van der Waals surface area contributed by atoms with E-state index in [-0.39, 0.29) is 5.97 Å². The van der Waals surface area contributed by atoms with Crippen molar-refractivity contribution in [1.82, 2.24) is 14.8 Å². The summed E-state index contributed by atoms with van der Waals surface area (Å²) < 4.78 is 12.6. The molecule has 1 aliphatic rings. The lowest BCUT2D eigenvalue weighted by molar-refractivity contribution is -0.136. The molecule has 3 rings (SSSR count). The normalized spacial score (nSPS) is 15.7. The number of ether oxygens (including phenoxy) is 2. The first-order valence-corrected chi connectivity index (χ1v) is 11.0. The summed E-state index contributed by atoms with van der Waals surface area (Å²) in [5.41, 5.74) is 2.13. The topological polar surface area (TPSA) is 78.3 Å². The van der Waals surface area contributed by atoms with Crippen molar-refractivity contribution in [1.29, 1.82) is 0 Å². The number of thioether (sulfide) groups is 1. The monoisotopic (exact) mass is 416 g/mol. The Bertz CT molecular complexity index is 894. The number of esters is 1. The maximum absolute atomic E-state index is 12.6. The first-order valence-electron chi connectivity index (χ1n) is 9.97.